The molecule has 6 heteroatoms. The highest BCUT2D eigenvalue weighted by atomic mass is 16.2. The fraction of sp³-hybridized carbons (Fsp3) is 0.318. The minimum Gasteiger partial charge on any atom is -0.355 e. The predicted molar refractivity (Wildman–Crippen MR) is 108 cm³/mol. The van der Waals surface area contributed by atoms with E-state index in [4.69, 9.17) is 0 Å². The second kappa shape index (κ2) is 6.48. The lowest BCUT2D eigenvalue weighted by atomic mass is 9.88. The zero-order valence-corrected chi connectivity index (χ0v) is 16.0. The average molecular weight is 373 g/mol. The molecule has 1 fully saturated rings. The van der Waals surface area contributed by atoms with Crippen molar-refractivity contribution in [2.75, 3.05) is 24.5 Å². The highest BCUT2D eigenvalue weighted by Crippen LogP contribution is 2.47. The number of rotatable bonds is 3. The Hall–Kier alpha value is -3.15. The lowest BCUT2D eigenvalue weighted by Crippen LogP contribution is -2.53. The summed E-state index contributed by atoms with van der Waals surface area (Å²) in [7, 11) is 0. The van der Waals surface area contributed by atoms with E-state index in [-0.39, 0.29) is 11.4 Å². The molecule has 3 aromatic heterocycles. The number of aromatic nitrogens is 3. The van der Waals surface area contributed by atoms with Gasteiger partial charge < -0.3 is 14.4 Å². The Bertz CT molecular complexity index is 1010. The molecule has 0 unspecified atom stereocenters. The summed E-state index contributed by atoms with van der Waals surface area (Å²) in [5.41, 5.74) is 2.62. The van der Waals surface area contributed by atoms with Gasteiger partial charge in [0.25, 0.3) is 5.91 Å². The molecule has 0 radical (unpaired) electrons. The van der Waals surface area contributed by atoms with Crippen molar-refractivity contribution in [2.45, 2.75) is 25.3 Å². The molecule has 1 atom stereocenters. The van der Waals surface area contributed by atoms with Gasteiger partial charge in [-0.25, -0.2) is 4.98 Å². The number of nitrogens with zero attached hydrogens (tertiary/aromatic N) is 5. The van der Waals surface area contributed by atoms with Crippen LogP contribution in [0.15, 0.2) is 61.1 Å². The van der Waals surface area contributed by atoms with Crippen LogP contribution in [0, 0.1) is 0 Å². The first-order chi connectivity index (χ1) is 13.7. The maximum atomic E-state index is 13.1. The lowest BCUT2D eigenvalue weighted by Gasteiger charge is -2.47. The Morgan fingerprint density at radius 3 is 2.82 bits per heavy atom. The molecule has 28 heavy (non-hydrogen) atoms. The Morgan fingerprint density at radius 1 is 1.11 bits per heavy atom. The van der Waals surface area contributed by atoms with Gasteiger partial charge in [-0.05, 0) is 49.2 Å². The Morgan fingerprint density at radius 2 is 2.00 bits per heavy atom. The van der Waals surface area contributed by atoms with Crippen molar-refractivity contribution in [1.82, 2.24) is 19.4 Å². The molecule has 0 bridgehead atoms. The van der Waals surface area contributed by atoms with Crippen molar-refractivity contribution in [3.05, 3.63) is 72.4 Å². The number of anilines is 1. The summed E-state index contributed by atoms with van der Waals surface area (Å²) in [4.78, 5) is 26.4. The van der Waals surface area contributed by atoms with Gasteiger partial charge >= 0.3 is 0 Å². The SMILES string of the molecule is CCCN1c2cccnc2-n2cccc2[C@]12CCN(C(=O)c1ccccn1)C2. The van der Waals surface area contributed by atoms with Crippen LogP contribution in [-0.4, -0.2) is 45.0 Å². The molecule has 2 aliphatic heterocycles. The fourth-order valence-corrected chi connectivity index (χ4v) is 4.70. The first-order valence-electron chi connectivity index (χ1n) is 9.86. The van der Waals surface area contributed by atoms with E-state index in [2.05, 4.69) is 50.8 Å². The van der Waals surface area contributed by atoms with E-state index < -0.39 is 0 Å². The normalized spacial score (nSPS) is 20.3. The Kier molecular flexibility index (Phi) is 3.93. The largest absolute Gasteiger partial charge is 0.355 e. The zero-order chi connectivity index (χ0) is 19.1. The van der Waals surface area contributed by atoms with E-state index >= 15 is 0 Å². The van der Waals surface area contributed by atoms with Crippen LogP contribution >= 0.6 is 0 Å². The first-order valence-corrected chi connectivity index (χ1v) is 9.86. The van der Waals surface area contributed by atoms with Crippen molar-refractivity contribution in [3.63, 3.8) is 0 Å². The highest BCUT2D eigenvalue weighted by Gasteiger charge is 2.50. The second-order valence-electron chi connectivity index (χ2n) is 7.48. The third-order valence-corrected chi connectivity index (χ3v) is 5.89. The van der Waals surface area contributed by atoms with Crippen molar-refractivity contribution in [3.8, 4) is 5.82 Å². The Balaban J connectivity index is 1.58. The summed E-state index contributed by atoms with van der Waals surface area (Å²) in [5, 5.41) is 0. The molecular formula is C22H23N5O. The van der Waals surface area contributed by atoms with E-state index in [9.17, 15) is 4.79 Å². The molecule has 5 rings (SSSR count). The molecule has 0 N–H and O–H groups in total. The van der Waals surface area contributed by atoms with E-state index in [1.807, 2.05) is 29.3 Å². The van der Waals surface area contributed by atoms with Gasteiger partial charge in [-0.1, -0.05) is 13.0 Å². The molecule has 2 aliphatic rings. The summed E-state index contributed by atoms with van der Waals surface area (Å²) in [6.45, 7) is 4.50. The third-order valence-electron chi connectivity index (χ3n) is 5.89. The summed E-state index contributed by atoms with van der Waals surface area (Å²) >= 11 is 0. The van der Waals surface area contributed by atoms with E-state index in [1.54, 1.807) is 12.3 Å². The molecule has 1 spiro atoms. The molecule has 3 aromatic rings. The first kappa shape index (κ1) is 17.0. The number of hydrogen-bond acceptors (Lipinski definition) is 4. The average Bonchev–Trinajstić information content (AvgIpc) is 3.40. The molecule has 142 valence electrons. The van der Waals surface area contributed by atoms with Crippen LogP contribution in [0.2, 0.25) is 0 Å². The molecular weight excluding hydrogens is 350 g/mol. The van der Waals surface area contributed by atoms with Crippen LogP contribution < -0.4 is 4.90 Å². The van der Waals surface area contributed by atoms with Crippen LogP contribution in [0.4, 0.5) is 5.69 Å². The Labute approximate surface area is 164 Å². The van der Waals surface area contributed by atoms with Gasteiger partial charge in [-0.15, -0.1) is 0 Å². The minimum atomic E-state index is -0.236. The van der Waals surface area contributed by atoms with Crippen LogP contribution in [0.1, 0.15) is 35.9 Å². The standard InChI is InChI=1S/C22H23N5O/c1-2-13-27-18-8-5-12-24-20(18)26-14-6-9-19(26)22(27)10-15-25(16-22)21(28)17-7-3-4-11-23-17/h3-9,11-12,14H,2,10,13,15-16H2,1H3/t22-/m1/s1. The van der Waals surface area contributed by atoms with E-state index in [1.165, 1.54) is 5.69 Å². The summed E-state index contributed by atoms with van der Waals surface area (Å²) in [6, 6.07) is 13.9. The van der Waals surface area contributed by atoms with E-state index in [0.717, 1.165) is 37.4 Å². The molecule has 6 nitrogen and oxygen atoms in total. The van der Waals surface area contributed by atoms with Gasteiger partial charge in [0.05, 0.1) is 11.4 Å². The maximum Gasteiger partial charge on any atom is 0.272 e. The molecule has 0 aliphatic carbocycles. The highest BCUT2D eigenvalue weighted by molar-refractivity contribution is 5.92. The van der Waals surface area contributed by atoms with E-state index in [0.29, 0.717) is 12.2 Å². The zero-order valence-electron chi connectivity index (χ0n) is 16.0. The van der Waals surface area contributed by atoms with Crippen molar-refractivity contribution in [2.24, 2.45) is 0 Å². The number of fused-ring (bicyclic) bond motifs is 4. The van der Waals surface area contributed by atoms with Crippen molar-refractivity contribution < 1.29 is 4.79 Å². The number of carbonyl (C=O) groups excluding carboxylic acids is 1. The smallest absolute Gasteiger partial charge is 0.272 e. The van der Waals surface area contributed by atoms with Gasteiger partial charge in [0.2, 0.25) is 0 Å². The number of pyridine rings is 2. The number of amides is 1. The number of carbonyl (C=O) groups is 1. The summed E-state index contributed by atoms with van der Waals surface area (Å²) in [6.07, 6.45) is 7.52. The predicted octanol–water partition coefficient (Wildman–Crippen LogP) is 3.24. The van der Waals surface area contributed by atoms with Crippen LogP contribution in [0.3, 0.4) is 0 Å². The van der Waals surface area contributed by atoms with Gasteiger partial charge in [0.1, 0.15) is 11.2 Å². The van der Waals surface area contributed by atoms with Crippen LogP contribution in [0.25, 0.3) is 5.82 Å². The molecule has 0 aromatic carbocycles. The van der Waals surface area contributed by atoms with Crippen LogP contribution in [-0.2, 0) is 5.54 Å². The van der Waals surface area contributed by atoms with Gasteiger partial charge in [-0.2, -0.15) is 0 Å². The quantitative estimate of drug-likeness (QED) is 0.707. The van der Waals surface area contributed by atoms with Crippen molar-refractivity contribution in [1.29, 1.82) is 0 Å². The van der Waals surface area contributed by atoms with Crippen LogP contribution in [0.5, 0.6) is 0 Å². The minimum absolute atomic E-state index is 0.00372. The summed E-state index contributed by atoms with van der Waals surface area (Å²) in [5.74, 6) is 0.972. The van der Waals surface area contributed by atoms with Gasteiger partial charge in [-0.3, -0.25) is 9.78 Å². The van der Waals surface area contributed by atoms with Crippen molar-refractivity contribution >= 4 is 11.6 Å². The molecule has 1 saturated heterocycles. The lowest BCUT2D eigenvalue weighted by molar-refractivity contribution is 0.0776. The molecule has 0 saturated carbocycles. The third kappa shape index (κ3) is 2.37. The number of hydrogen-bond donors (Lipinski definition) is 0. The molecule has 5 heterocycles. The van der Waals surface area contributed by atoms with Gasteiger partial charge in [0.15, 0.2) is 5.82 Å². The molecule has 1 amide bonds. The van der Waals surface area contributed by atoms with Gasteiger partial charge in [0, 0.05) is 38.2 Å². The second-order valence-corrected chi connectivity index (χ2v) is 7.48. The number of likely N-dealkylation sites (tertiary alicyclic amines) is 1. The topological polar surface area (TPSA) is 54.3 Å². The summed E-state index contributed by atoms with van der Waals surface area (Å²) < 4.78 is 2.19. The monoisotopic (exact) mass is 373 g/mol. The maximum absolute atomic E-state index is 13.1. The fourth-order valence-electron chi connectivity index (χ4n) is 4.70.